The van der Waals surface area contributed by atoms with Crippen molar-refractivity contribution < 1.29 is 13.9 Å². The van der Waals surface area contributed by atoms with Crippen LogP contribution in [0.25, 0.3) is 5.57 Å². The first-order valence-corrected chi connectivity index (χ1v) is 10.1. The summed E-state index contributed by atoms with van der Waals surface area (Å²) in [6, 6.07) is 4.49. The van der Waals surface area contributed by atoms with Crippen LogP contribution in [0, 0.1) is 11.2 Å². The van der Waals surface area contributed by atoms with Gasteiger partial charge in [0, 0.05) is 35.8 Å². The summed E-state index contributed by atoms with van der Waals surface area (Å²) in [7, 11) is 0. The van der Waals surface area contributed by atoms with Crippen LogP contribution in [0.5, 0.6) is 0 Å². The lowest BCUT2D eigenvalue weighted by Gasteiger charge is -2.23. The molecule has 0 spiro atoms. The molecule has 166 valence electrons. The van der Waals surface area contributed by atoms with Crippen LogP contribution in [0.4, 0.5) is 14.9 Å². The van der Waals surface area contributed by atoms with Crippen LogP contribution < -0.4 is 10.3 Å². The topological polar surface area (TPSA) is 112 Å². The average molecular weight is 438 g/mol. The lowest BCUT2D eigenvalue weighted by molar-refractivity contribution is 0.129. The van der Waals surface area contributed by atoms with Gasteiger partial charge in [-0.15, -0.1) is 5.10 Å². The number of allylic oxidation sites excluding steroid dienone is 4. The zero-order chi connectivity index (χ0) is 22.5. The Morgan fingerprint density at radius 2 is 2.28 bits per heavy atom. The van der Waals surface area contributed by atoms with E-state index in [4.69, 9.17) is 10.1 Å². The van der Waals surface area contributed by atoms with Crippen molar-refractivity contribution in [3.05, 3.63) is 59.8 Å². The van der Waals surface area contributed by atoms with Crippen LogP contribution in [0.1, 0.15) is 12.5 Å². The zero-order valence-corrected chi connectivity index (χ0v) is 17.5. The molecule has 1 amide bonds. The molecule has 2 N–H and O–H groups in total. The Morgan fingerprint density at radius 1 is 1.41 bits per heavy atom. The van der Waals surface area contributed by atoms with E-state index in [1.54, 1.807) is 41.6 Å². The van der Waals surface area contributed by atoms with Gasteiger partial charge in [0.15, 0.2) is 0 Å². The highest BCUT2D eigenvalue weighted by molar-refractivity contribution is 6.09. The van der Waals surface area contributed by atoms with Crippen LogP contribution in [-0.4, -0.2) is 64.3 Å². The molecule has 11 heteroatoms. The fourth-order valence-electron chi connectivity index (χ4n) is 3.46. The number of aromatic nitrogens is 3. The largest absolute Gasteiger partial charge is 0.442 e. The van der Waals surface area contributed by atoms with Crippen molar-refractivity contribution in [3.63, 3.8) is 0 Å². The molecule has 4 rings (SSSR count). The molecule has 1 atom stereocenters. The standard InChI is InChI=1S/C21H23FN8O2/c1-15(28-8-6-24-26-14-28)2-3-16(11-23)19-5-4-17(10-20(19)22)30-13-18(32-21(30)31)12-29-9-7-25-27-29/h2-5,7,9-11,14,18,23-24H,6,8,12-13H2,1H3/b15-2+,16-3+,23-11?/t18-/m0/s1. The van der Waals surface area contributed by atoms with Gasteiger partial charge in [-0.1, -0.05) is 11.3 Å². The molecule has 1 aromatic heterocycles. The summed E-state index contributed by atoms with van der Waals surface area (Å²) in [5.41, 5.74) is 4.88. The molecule has 2 aromatic rings. The number of cyclic esters (lactones) is 1. The molecule has 3 heterocycles. The molecule has 10 nitrogen and oxygen atoms in total. The van der Waals surface area contributed by atoms with E-state index in [1.807, 2.05) is 17.9 Å². The minimum Gasteiger partial charge on any atom is -0.442 e. The van der Waals surface area contributed by atoms with Crippen molar-refractivity contribution in [1.29, 1.82) is 5.41 Å². The van der Waals surface area contributed by atoms with Gasteiger partial charge in [0.1, 0.15) is 18.3 Å². The molecule has 0 aliphatic carbocycles. The van der Waals surface area contributed by atoms with Gasteiger partial charge in [-0.05, 0) is 31.2 Å². The normalized spacial score (nSPS) is 19.2. The Morgan fingerprint density at radius 3 is 2.97 bits per heavy atom. The molecule has 1 saturated heterocycles. The predicted molar refractivity (Wildman–Crippen MR) is 118 cm³/mol. The van der Waals surface area contributed by atoms with Crippen LogP contribution in [0.15, 0.2) is 53.5 Å². The summed E-state index contributed by atoms with van der Waals surface area (Å²) in [6.07, 6.45) is 8.57. The van der Waals surface area contributed by atoms with Crippen LogP contribution >= 0.6 is 0 Å². The number of ether oxygens (including phenoxy) is 1. The van der Waals surface area contributed by atoms with Gasteiger partial charge < -0.3 is 20.5 Å². The minimum absolute atomic E-state index is 0.272. The maximum Gasteiger partial charge on any atom is 0.414 e. The van der Waals surface area contributed by atoms with Gasteiger partial charge in [0.2, 0.25) is 0 Å². The third-order valence-corrected chi connectivity index (χ3v) is 5.18. The number of nitrogens with one attached hydrogen (secondary N) is 2. The van der Waals surface area contributed by atoms with Gasteiger partial charge in [-0.2, -0.15) is 5.10 Å². The molecular weight excluding hydrogens is 415 g/mol. The number of amides is 1. The molecule has 0 radical (unpaired) electrons. The second-order valence-corrected chi connectivity index (χ2v) is 7.33. The number of nitrogens with zero attached hydrogens (tertiary/aromatic N) is 6. The fourth-order valence-corrected chi connectivity index (χ4v) is 3.46. The molecule has 32 heavy (non-hydrogen) atoms. The van der Waals surface area contributed by atoms with E-state index in [0.717, 1.165) is 25.0 Å². The minimum atomic E-state index is -0.540. The van der Waals surface area contributed by atoms with Crippen LogP contribution in [-0.2, 0) is 11.3 Å². The number of carbonyl (C=O) groups excluding carboxylic acids is 1. The number of hydrazone groups is 1. The number of rotatable bonds is 7. The molecule has 0 unspecified atom stereocenters. The van der Waals surface area contributed by atoms with Crippen molar-refractivity contribution in [1.82, 2.24) is 25.3 Å². The Bertz CT molecular complexity index is 1080. The summed E-state index contributed by atoms with van der Waals surface area (Å²) >= 11 is 0. The number of halogens is 1. The molecule has 1 aromatic carbocycles. The fraction of sp³-hybridized carbons (Fsp3) is 0.286. The summed E-state index contributed by atoms with van der Waals surface area (Å²) in [6.45, 7) is 4.07. The summed E-state index contributed by atoms with van der Waals surface area (Å²) in [5.74, 6) is -0.528. The second kappa shape index (κ2) is 9.41. The average Bonchev–Trinajstić information content (AvgIpc) is 3.45. The van der Waals surface area contributed by atoms with Crippen molar-refractivity contribution >= 4 is 29.9 Å². The number of hydrogen-bond acceptors (Lipinski definition) is 8. The third-order valence-electron chi connectivity index (χ3n) is 5.18. The first kappa shape index (κ1) is 21.2. The predicted octanol–water partition coefficient (Wildman–Crippen LogP) is 2.23. The van der Waals surface area contributed by atoms with Crippen molar-refractivity contribution in [3.8, 4) is 0 Å². The Kier molecular flexibility index (Phi) is 6.24. The van der Waals surface area contributed by atoms with Gasteiger partial charge in [0.05, 0.1) is 31.5 Å². The Balaban J connectivity index is 1.49. The highest BCUT2D eigenvalue weighted by Crippen LogP contribution is 2.27. The Labute approximate surface area is 184 Å². The quantitative estimate of drug-likeness (QED) is 0.507. The molecule has 0 bridgehead atoms. The smallest absolute Gasteiger partial charge is 0.414 e. The van der Waals surface area contributed by atoms with Crippen molar-refractivity contribution in [2.75, 3.05) is 24.5 Å². The van der Waals surface area contributed by atoms with E-state index >= 15 is 0 Å². The zero-order valence-electron chi connectivity index (χ0n) is 17.5. The summed E-state index contributed by atoms with van der Waals surface area (Å²) < 4.78 is 21.9. The SMILES string of the molecule is C/C(=C\C=C(/C=N)c1ccc(N2C[C@H](Cn3ccnn3)OC2=O)cc1F)N1C=NNCC1. The van der Waals surface area contributed by atoms with E-state index in [9.17, 15) is 9.18 Å². The molecule has 1 fully saturated rings. The van der Waals surface area contributed by atoms with E-state index in [1.165, 1.54) is 11.0 Å². The number of anilines is 1. The van der Waals surface area contributed by atoms with E-state index in [0.29, 0.717) is 17.8 Å². The van der Waals surface area contributed by atoms with Crippen molar-refractivity contribution in [2.45, 2.75) is 19.6 Å². The van der Waals surface area contributed by atoms with E-state index < -0.39 is 18.0 Å². The number of carbonyl (C=O) groups is 1. The van der Waals surface area contributed by atoms with Gasteiger partial charge in [-0.25, -0.2) is 13.9 Å². The van der Waals surface area contributed by atoms with E-state index in [-0.39, 0.29) is 12.1 Å². The molecule has 2 aliphatic heterocycles. The van der Waals surface area contributed by atoms with Crippen LogP contribution in [0.3, 0.4) is 0 Å². The first-order chi connectivity index (χ1) is 15.5. The lowest BCUT2D eigenvalue weighted by Crippen LogP contribution is -2.33. The van der Waals surface area contributed by atoms with Gasteiger partial charge in [-0.3, -0.25) is 4.90 Å². The third kappa shape index (κ3) is 4.66. The van der Waals surface area contributed by atoms with Gasteiger partial charge in [0.25, 0.3) is 0 Å². The molecule has 0 saturated carbocycles. The number of hydrogen-bond donors (Lipinski definition) is 2. The van der Waals surface area contributed by atoms with Gasteiger partial charge >= 0.3 is 6.09 Å². The molecular formula is C21H23FN8O2. The van der Waals surface area contributed by atoms with E-state index in [2.05, 4.69) is 20.8 Å². The van der Waals surface area contributed by atoms with Crippen LogP contribution in [0.2, 0.25) is 0 Å². The molecule has 2 aliphatic rings. The lowest BCUT2D eigenvalue weighted by atomic mass is 10.0. The number of benzene rings is 1. The first-order valence-electron chi connectivity index (χ1n) is 10.1. The highest BCUT2D eigenvalue weighted by Gasteiger charge is 2.33. The highest BCUT2D eigenvalue weighted by atomic mass is 19.1. The van der Waals surface area contributed by atoms with Crippen molar-refractivity contribution in [2.24, 2.45) is 5.10 Å². The Hall–Kier alpha value is -4.02. The maximum absolute atomic E-state index is 14.9. The maximum atomic E-state index is 14.9. The summed E-state index contributed by atoms with van der Waals surface area (Å²) in [5, 5.41) is 19.3. The summed E-state index contributed by atoms with van der Waals surface area (Å²) in [4.78, 5) is 15.6. The monoisotopic (exact) mass is 438 g/mol. The second-order valence-electron chi connectivity index (χ2n) is 7.33.